The van der Waals surface area contributed by atoms with E-state index in [1.165, 1.54) is 23.5 Å². The summed E-state index contributed by atoms with van der Waals surface area (Å²) in [6.07, 6.45) is 7.62. The highest BCUT2D eigenvalue weighted by molar-refractivity contribution is 8.13. The number of aryl methyl sites for hydroxylation is 2. The Balaban J connectivity index is 2.04. The lowest BCUT2D eigenvalue weighted by Gasteiger charge is -2.17. The van der Waals surface area contributed by atoms with Gasteiger partial charge in [0.25, 0.3) is 10.5 Å². The van der Waals surface area contributed by atoms with Crippen LogP contribution in [0.2, 0.25) is 0 Å². The number of nitrogens with zero attached hydrogens (tertiary/aromatic N) is 8. The van der Waals surface area contributed by atoms with E-state index in [0.29, 0.717) is 36.5 Å². The SMILES string of the molecule is CCCCn1c(CCCCc2nnc(SC(=O)N(CC)CC)n2CCCC)nnc1SC(=O)N(CC)CC. The molecule has 2 rings (SSSR count). The van der Waals surface area contributed by atoms with Crippen molar-refractivity contribution < 1.29 is 9.59 Å². The predicted molar refractivity (Wildman–Crippen MR) is 155 cm³/mol. The Bertz CT molecular complexity index is 908. The maximum Gasteiger partial charge on any atom is 0.289 e. The Morgan fingerprint density at radius 1 is 0.605 bits per heavy atom. The van der Waals surface area contributed by atoms with E-state index in [4.69, 9.17) is 0 Å². The van der Waals surface area contributed by atoms with Crippen molar-refractivity contribution >= 4 is 34.0 Å². The number of carbonyl (C=O) groups is 2. The minimum atomic E-state index is 0.0197. The van der Waals surface area contributed by atoms with Gasteiger partial charge < -0.3 is 18.9 Å². The van der Waals surface area contributed by atoms with E-state index in [0.717, 1.165) is 76.1 Å². The molecule has 0 aromatic carbocycles. The van der Waals surface area contributed by atoms with Crippen LogP contribution in [0.5, 0.6) is 0 Å². The number of thioether (sulfide) groups is 2. The third-order valence-electron chi connectivity index (χ3n) is 6.51. The largest absolute Gasteiger partial charge is 0.334 e. The van der Waals surface area contributed by atoms with Crippen molar-refractivity contribution in [2.45, 2.75) is 116 Å². The van der Waals surface area contributed by atoms with Gasteiger partial charge in [0.2, 0.25) is 10.3 Å². The van der Waals surface area contributed by atoms with Gasteiger partial charge in [-0.1, -0.05) is 26.7 Å². The summed E-state index contributed by atoms with van der Waals surface area (Å²) in [5.74, 6) is 1.86. The number of aromatic nitrogens is 6. The zero-order valence-electron chi connectivity index (χ0n) is 24.1. The van der Waals surface area contributed by atoms with Gasteiger partial charge in [0.05, 0.1) is 0 Å². The molecule has 10 nitrogen and oxygen atoms in total. The van der Waals surface area contributed by atoms with Crippen molar-refractivity contribution in [1.29, 1.82) is 0 Å². The van der Waals surface area contributed by atoms with Gasteiger partial charge in [-0.15, -0.1) is 20.4 Å². The van der Waals surface area contributed by atoms with Gasteiger partial charge in [-0.05, 0) is 53.4 Å². The maximum absolute atomic E-state index is 12.6. The monoisotopic (exact) mass is 566 g/mol. The summed E-state index contributed by atoms with van der Waals surface area (Å²) in [6.45, 7) is 16.7. The van der Waals surface area contributed by atoms with Gasteiger partial charge in [-0.25, -0.2) is 0 Å². The van der Waals surface area contributed by atoms with Crippen LogP contribution in [0.25, 0.3) is 0 Å². The number of carbonyl (C=O) groups excluding carboxylic acids is 2. The maximum atomic E-state index is 12.6. The van der Waals surface area contributed by atoms with E-state index < -0.39 is 0 Å². The summed E-state index contributed by atoms with van der Waals surface area (Å²) in [7, 11) is 0. The Kier molecular flexibility index (Phi) is 14.8. The highest BCUT2D eigenvalue weighted by Crippen LogP contribution is 2.24. The van der Waals surface area contributed by atoms with Gasteiger partial charge >= 0.3 is 0 Å². The van der Waals surface area contributed by atoms with Gasteiger partial charge in [-0.2, -0.15) is 0 Å². The van der Waals surface area contributed by atoms with Gasteiger partial charge in [0, 0.05) is 75.6 Å². The molecule has 12 heteroatoms. The van der Waals surface area contributed by atoms with Crippen LogP contribution >= 0.6 is 23.5 Å². The van der Waals surface area contributed by atoms with Crippen molar-refractivity contribution in [2.75, 3.05) is 26.2 Å². The zero-order chi connectivity index (χ0) is 27.9. The van der Waals surface area contributed by atoms with E-state index in [2.05, 4.69) is 43.4 Å². The molecule has 0 bridgehead atoms. The first-order valence-electron chi connectivity index (χ1n) is 14.2. The molecule has 2 heterocycles. The van der Waals surface area contributed by atoms with Crippen molar-refractivity contribution in [1.82, 2.24) is 39.3 Å². The fraction of sp³-hybridized carbons (Fsp3) is 0.769. The zero-order valence-corrected chi connectivity index (χ0v) is 25.7. The standard InChI is InChI=1S/C26H46N8O2S2/c1-7-13-19-33-21(27-29-23(33)37-25(35)31(9-3)10-4)17-15-16-18-22-28-30-24(34(22)20-14-8-2)38-26(36)32(11-5)12-6/h7-20H2,1-6H3. The molecule has 214 valence electrons. The van der Waals surface area contributed by atoms with Gasteiger partial charge in [0.15, 0.2) is 0 Å². The van der Waals surface area contributed by atoms with E-state index in [9.17, 15) is 9.59 Å². The predicted octanol–water partition coefficient (Wildman–Crippen LogP) is 6.14. The number of amides is 2. The summed E-state index contributed by atoms with van der Waals surface area (Å²) < 4.78 is 4.24. The molecule has 0 unspecified atom stereocenters. The van der Waals surface area contributed by atoms with Crippen molar-refractivity contribution in [3.8, 4) is 0 Å². The molecule has 0 fully saturated rings. The first-order chi connectivity index (χ1) is 18.4. The number of unbranched alkanes of at least 4 members (excludes halogenated alkanes) is 3. The van der Waals surface area contributed by atoms with E-state index in [1.807, 2.05) is 27.7 Å². The Morgan fingerprint density at radius 3 is 1.29 bits per heavy atom. The van der Waals surface area contributed by atoms with Crippen molar-refractivity contribution in [3.63, 3.8) is 0 Å². The molecule has 0 saturated heterocycles. The molecule has 0 spiro atoms. The average Bonchev–Trinajstić information content (AvgIpc) is 3.48. The number of hydrogen-bond donors (Lipinski definition) is 0. The lowest BCUT2D eigenvalue weighted by atomic mass is 10.1. The average molecular weight is 567 g/mol. The second-order valence-corrected chi connectivity index (χ2v) is 10.9. The molecular weight excluding hydrogens is 520 g/mol. The fourth-order valence-corrected chi connectivity index (χ4v) is 5.92. The van der Waals surface area contributed by atoms with E-state index in [-0.39, 0.29) is 10.5 Å². The molecule has 38 heavy (non-hydrogen) atoms. The van der Waals surface area contributed by atoms with E-state index in [1.54, 1.807) is 9.80 Å². The molecule has 0 atom stereocenters. The van der Waals surface area contributed by atoms with Crippen LogP contribution in [0.3, 0.4) is 0 Å². The summed E-state index contributed by atoms with van der Waals surface area (Å²) in [4.78, 5) is 28.9. The van der Waals surface area contributed by atoms with Gasteiger partial charge in [0.1, 0.15) is 11.6 Å². The molecule has 2 aromatic rings. The summed E-state index contributed by atoms with van der Waals surface area (Å²) in [6, 6.07) is 0. The number of rotatable bonds is 17. The second kappa shape index (κ2) is 17.5. The molecule has 0 aliphatic carbocycles. The van der Waals surface area contributed by atoms with Crippen LogP contribution in [0, 0.1) is 0 Å². The smallest absolute Gasteiger partial charge is 0.289 e. The molecule has 0 N–H and O–H groups in total. The minimum absolute atomic E-state index is 0.0197. The molecule has 0 saturated carbocycles. The lowest BCUT2D eigenvalue weighted by molar-refractivity contribution is 0.227. The van der Waals surface area contributed by atoms with Gasteiger partial charge in [-0.3, -0.25) is 9.59 Å². The van der Waals surface area contributed by atoms with E-state index >= 15 is 0 Å². The third-order valence-corrected chi connectivity index (χ3v) is 8.34. The van der Waals surface area contributed by atoms with Crippen molar-refractivity contribution in [2.24, 2.45) is 0 Å². The van der Waals surface area contributed by atoms with Crippen LogP contribution in [-0.4, -0.2) is 76.0 Å². The molecule has 0 aliphatic rings. The van der Waals surface area contributed by atoms with Crippen LogP contribution in [0.1, 0.15) is 91.7 Å². The first kappa shape index (κ1) is 32.1. The summed E-state index contributed by atoms with van der Waals surface area (Å²) >= 11 is 2.36. The fourth-order valence-electron chi connectivity index (χ4n) is 4.06. The number of hydrogen-bond acceptors (Lipinski definition) is 8. The third kappa shape index (κ3) is 9.29. The highest BCUT2D eigenvalue weighted by atomic mass is 32.2. The normalized spacial score (nSPS) is 11.2. The molecular formula is C26H46N8O2S2. The Hall–Kier alpha value is -2.08. The van der Waals surface area contributed by atoms with Crippen LogP contribution in [0.15, 0.2) is 10.3 Å². The topological polar surface area (TPSA) is 102 Å². The Labute approximate surface area is 236 Å². The van der Waals surface area contributed by atoms with Crippen LogP contribution in [-0.2, 0) is 25.9 Å². The first-order valence-corrected chi connectivity index (χ1v) is 15.8. The molecule has 0 aliphatic heterocycles. The molecule has 2 amide bonds. The molecule has 2 aromatic heterocycles. The lowest BCUT2D eigenvalue weighted by Crippen LogP contribution is -2.27. The quantitative estimate of drug-likeness (QED) is 0.166. The second-order valence-electron chi connectivity index (χ2n) is 9.10. The molecule has 0 radical (unpaired) electrons. The highest BCUT2D eigenvalue weighted by Gasteiger charge is 2.20. The summed E-state index contributed by atoms with van der Waals surface area (Å²) in [5.41, 5.74) is 0. The van der Waals surface area contributed by atoms with Crippen LogP contribution < -0.4 is 0 Å². The minimum Gasteiger partial charge on any atom is -0.334 e. The summed E-state index contributed by atoms with van der Waals surface area (Å²) in [5, 5.41) is 19.0. The Morgan fingerprint density at radius 2 is 0.974 bits per heavy atom. The van der Waals surface area contributed by atoms with Crippen LogP contribution in [0.4, 0.5) is 9.59 Å². The van der Waals surface area contributed by atoms with Crippen molar-refractivity contribution in [3.05, 3.63) is 11.6 Å².